The lowest BCUT2D eigenvalue weighted by Gasteiger charge is -2.41. The van der Waals surface area contributed by atoms with Gasteiger partial charge < -0.3 is 45.1 Å². The number of amides is 1. The summed E-state index contributed by atoms with van der Waals surface area (Å²) in [7, 11) is 0. The van der Waals surface area contributed by atoms with Gasteiger partial charge in [-0.05, 0) is 96.3 Å². The van der Waals surface area contributed by atoms with E-state index in [-0.39, 0.29) is 19.4 Å². The largest absolute Gasteiger partial charge is 0.454 e. The minimum Gasteiger partial charge on any atom is -0.454 e. The number of nitrogens with one attached hydrogen (secondary N) is 1. The molecule has 0 bridgehead atoms. The van der Waals surface area contributed by atoms with Gasteiger partial charge in [0.15, 0.2) is 12.4 Å². The number of unbranched alkanes of at least 4 members (excludes halogenated alkanes) is 34. The van der Waals surface area contributed by atoms with Crippen LogP contribution in [-0.4, -0.2) is 99.6 Å². The van der Waals surface area contributed by atoms with Crippen molar-refractivity contribution in [1.29, 1.82) is 0 Å². The molecule has 1 heterocycles. The van der Waals surface area contributed by atoms with Crippen molar-refractivity contribution in [3.8, 4) is 0 Å². The Balaban J connectivity index is 2.63. The Morgan fingerprint density at radius 3 is 1.29 bits per heavy atom. The molecule has 8 unspecified atom stereocenters. The summed E-state index contributed by atoms with van der Waals surface area (Å²) in [5.41, 5.74) is 0. The second kappa shape index (κ2) is 58.5. The van der Waals surface area contributed by atoms with Gasteiger partial charge in [-0.25, -0.2) is 0 Å². The van der Waals surface area contributed by atoms with Gasteiger partial charge in [-0.3, -0.25) is 9.59 Å². The van der Waals surface area contributed by atoms with Gasteiger partial charge in [0.2, 0.25) is 5.91 Å². The molecule has 1 aliphatic heterocycles. The molecule has 11 heteroatoms. The van der Waals surface area contributed by atoms with Gasteiger partial charge in [-0.2, -0.15) is 0 Å². The van der Waals surface area contributed by atoms with Gasteiger partial charge in [-0.1, -0.05) is 273 Å². The third-order valence-corrected chi connectivity index (χ3v) is 15.8. The van der Waals surface area contributed by atoms with Crippen molar-refractivity contribution in [1.82, 2.24) is 5.32 Å². The molecule has 82 heavy (non-hydrogen) atoms. The zero-order valence-corrected chi connectivity index (χ0v) is 52.9. The predicted octanol–water partition coefficient (Wildman–Crippen LogP) is 17.1. The first kappa shape index (κ1) is 77.1. The Kier molecular flexibility index (Phi) is 55.0. The van der Waals surface area contributed by atoms with E-state index in [0.717, 1.165) is 83.5 Å². The van der Waals surface area contributed by atoms with Crippen molar-refractivity contribution in [3.63, 3.8) is 0 Å². The van der Waals surface area contributed by atoms with Crippen LogP contribution >= 0.6 is 0 Å². The molecule has 0 aromatic carbocycles. The lowest BCUT2D eigenvalue weighted by Crippen LogP contribution is -2.61. The molecule has 0 radical (unpaired) electrons. The van der Waals surface area contributed by atoms with E-state index >= 15 is 0 Å². The molecule has 11 nitrogen and oxygen atoms in total. The van der Waals surface area contributed by atoms with E-state index in [2.05, 4.69) is 86.8 Å². The maximum Gasteiger partial charge on any atom is 0.306 e. The van der Waals surface area contributed by atoms with Gasteiger partial charge in [-0.15, -0.1) is 0 Å². The Morgan fingerprint density at radius 2 is 0.841 bits per heavy atom. The maximum absolute atomic E-state index is 13.5. The average molecular weight is 1150 g/mol. The highest BCUT2D eigenvalue weighted by atomic mass is 16.7. The monoisotopic (exact) mass is 1150 g/mol. The quantitative estimate of drug-likeness (QED) is 0.0195. The normalized spacial score (nSPS) is 19.0. The SMILES string of the molecule is CCCCC/C=C\C/C=C\C/C=C\C/C=C\CCCCCCC(O)C(=O)NC(COC1OC(CO)C(O)C(O)C1OC(=O)CCCCCCCCCCCCC/C=C/CCCCCCCC)C(O)/C=C/CCCCCCCCCCCC. The average Bonchev–Trinajstić information content (AvgIpc) is 3.66. The van der Waals surface area contributed by atoms with Crippen molar-refractivity contribution in [2.24, 2.45) is 0 Å². The minimum atomic E-state index is -1.62. The van der Waals surface area contributed by atoms with Crippen LogP contribution in [0.5, 0.6) is 0 Å². The van der Waals surface area contributed by atoms with Gasteiger partial charge in [0.1, 0.15) is 24.4 Å². The number of rotatable bonds is 58. The number of aliphatic hydroxyl groups excluding tert-OH is 5. The van der Waals surface area contributed by atoms with Crippen LogP contribution in [0.2, 0.25) is 0 Å². The summed E-state index contributed by atoms with van der Waals surface area (Å²) in [4.78, 5) is 26.6. The summed E-state index contributed by atoms with van der Waals surface area (Å²) in [6.45, 7) is 5.77. The smallest absolute Gasteiger partial charge is 0.306 e. The van der Waals surface area contributed by atoms with Gasteiger partial charge in [0.25, 0.3) is 0 Å². The highest BCUT2D eigenvalue weighted by molar-refractivity contribution is 5.80. The van der Waals surface area contributed by atoms with Crippen LogP contribution in [0.1, 0.15) is 303 Å². The fourth-order valence-electron chi connectivity index (χ4n) is 10.4. The van der Waals surface area contributed by atoms with Gasteiger partial charge in [0, 0.05) is 6.42 Å². The molecule has 6 N–H and O–H groups in total. The molecular formula is C71H127NO10. The van der Waals surface area contributed by atoms with Crippen LogP contribution in [0, 0.1) is 0 Å². The lowest BCUT2D eigenvalue weighted by atomic mass is 9.99. The molecule has 8 atom stereocenters. The van der Waals surface area contributed by atoms with Crippen molar-refractivity contribution in [2.75, 3.05) is 13.2 Å². The van der Waals surface area contributed by atoms with Crippen LogP contribution in [0.3, 0.4) is 0 Å². The van der Waals surface area contributed by atoms with Crippen LogP contribution in [0.4, 0.5) is 0 Å². The molecule has 1 rings (SSSR count). The summed E-state index contributed by atoms with van der Waals surface area (Å²) >= 11 is 0. The molecule has 0 saturated carbocycles. The Labute approximate surface area is 502 Å². The fraction of sp³-hybridized carbons (Fsp3) is 0.803. The number of hydrogen-bond acceptors (Lipinski definition) is 10. The molecule has 0 aliphatic carbocycles. The third kappa shape index (κ3) is 45.5. The number of ether oxygens (including phenoxy) is 3. The van der Waals surface area contributed by atoms with Gasteiger partial charge >= 0.3 is 5.97 Å². The Morgan fingerprint density at radius 1 is 0.476 bits per heavy atom. The van der Waals surface area contributed by atoms with Crippen LogP contribution in [0.25, 0.3) is 0 Å². The standard InChI is InChI=1S/C71H127NO10/c1-4-7-10-13-16-19-22-25-27-29-31-33-35-37-39-41-44-47-50-53-56-59-66(76)82-69-68(78)67(77)65(60-73)81-71(69)80-61-62(63(74)57-54-51-48-45-42-24-21-18-15-12-9-6-3)72-70(79)64(75)58-55-52-49-46-43-40-38-36-34-32-30-28-26-23-20-17-14-11-8-5-2/h17,20,25-28,32,34,38,40,54,57,62-65,67-69,71,73-75,77-78H,4-16,18-19,21-24,29-31,33,35-37,39,41-53,55-56,58-61H2,1-3H3,(H,72,79)/b20-17-,27-25+,28-26-,34-32-,40-38-,57-54+. The van der Waals surface area contributed by atoms with Crippen molar-refractivity contribution in [3.05, 3.63) is 72.9 Å². The van der Waals surface area contributed by atoms with Crippen molar-refractivity contribution >= 4 is 11.9 Å². The van der Waals surface area contributed by atoms with Crippen LogP contribution < -0.4 is 5.32 Å². The van der Waals surface area contributed by atoms with E-state index in [9.17, 15) is 35.1 Å². The first-order valence-electron chi connectivity index (χ1n) is 34.2. The minimum absolute atomic E-state index is 0.119. The van der Waals surface area contributed by atoms with Crippen molar-refractivity contribution < 1.29 is 49.3 Å². The van der Waals surface area contributed by atoms with Gasteiger partial charge in [0.05, 0.1) is 25.4 Å². The zero-order valence-electron chi connectivity index (χ0n) is 52.9. The predicted molar refractivity (Wildman–Crippen MR) is 343 cm³/mol. The first-order valence-corrected chi connectivity index (χ1v) is 34.2. The molecule has 0 aromatic rings. The summed E-state index contributed by atoms with van der Waals surface area (Å²) in [5, 5.41) is 57.1. The number of carbonyl (C=O) groups excluding carboxylic acids is 2. The number of carbonyl (C=O) groups is 2. The third-order valence-electron chi connectivity index (χ3n) is 15.8. The van der Waals surface area contributed by atoms with E-state index in [1.54, 1.807) is 6.08 Å². The Bertz CT molecular complexity index is 1610. The molecule has 1 fully saturated rings. The molecule has 1 aliphatic rings. The van der Waals surface area contributed by atoms with Crippen molar-refractivity contribution in [2.45, 2.75) is 352 Å². The maximum atomic E-state index is 13.5. The second-order valence-corrected chi connectivity index (χ2v) is 23.6. The molecule has 1 saturated heterocycles. The number of allylic oxidation sites excluding steroid dienone is 11. The number of esters is 1. The van der Waals surface area contributed by atoms with E-state index < -0.39 is 67.4 Å². The molecule has 0 spiro atoms. The van der Waals surface area contributed by atoms with E-state index in [1.165, 1.54) is 173 Å². The first-order chi connectivity index (χ1) is 40.2. The van der Waals surface area contributed by atoms with E-state index in [1.807, 2.05) is 6.08 Å². The second-order valence-electron chi connectivity index (χ2n) is 23.6. The molecule has 476 valence electrons. The Hall–Kier alpha value is -2.90. The summed E-state index contributed by atoms with van der Waals surface area (Å²) < 4.78 is 17.7. The van der Waals surface area contributed by atoms with E-state index in [4.69, 9.17) is 14.2 Å². The molecule has 1 amide bonds. The summed E-state index contributed by atoms with van der Waals surface area (Å²) in [5.74, 6) is -1.21. The fourth-order valence-corrected chi connectivity index (χ4v) is 10.4. The van der Waals surface area contributed by atoms with Crippen LogP contribution in [-0.2, 0) is 23.8 Å². The topological polar surface area (TPSA) is 175 Å². The van der Waals surface area contributed by atoms with Crippen LogP contribution in [0.15, 0.2) is 72.9 Å². The van der Waals surface area contributed by atoms with E-state index in [0.29, 0.717) is 12.8 Å². The number of aliphatic hydroxyl groups is 5. The highest BCUT2D eigenvalue weighted by Gasteiger charge is 2.47. The lowest BCUT2D eigenvalue weighted by molar-refractivity contribution is -0.305. The summed E-state index contributed by atoms with van der Waals surface area (Å²) in [6.07, 6.45) is 65.0. The highest BCUT2D eigenvalue weighted by Crippen LogP contribution is 2.26. The summed E-state index contributed by atoms with van der Waals surface area (Å²) in [6, 6.07) is -1.04. The number of hydrogen-bond donors (Lipinski definition) is 6. The molecular weight excluding hydrogens is 1030 g/mol. The zero-order chi connectivity index (χ0) is 59.6. The molecule has 0 aromatic heterocycles.